The van der Waals surface area contributed by atoms with Crippen LogP contribution in [0.25, 0.3) is 6.08 Å². The molecule has 2 aromatic rings. The van der Waals surface area contributed by atoms with E-state index in [1.165, 1.54) is 32.6 Å². The van der Waals surface area contributed by atoms with Crippen molar-refractivity contribution < 1.29 is 19.7 Å². The van der Waals surface area contributed by atoms with Crippen molar-refractivity contribution in [2.75, 3.05) is 14.2 Å². The Morgan fingerprint density at radius 1 is 1.04 bits per heavy atom. The first kappa shape index (κ1) is 17.9. The minimum absolute atomic E-state index is 0.0536. The highest BCUT2D eigenvalue weighted by molar-refractivity contribution is 5.97. The van der Waals surface area contributed by atoms with Gasteiger partial charge in [-0.3, -0.25) is 0 Å². The van der Waals surface area contributed by atoms with Crippen molar-refractivity contribution in [3.05, 3.63) is 53.6 Å². The Hall–Kier alpha value is -3.48. The number of allylic oxidation sites excluding steroid dienone is 1. The van der Waals surface area contributed by atoms with Crippen LogP contribution >= 0.6 is 0 Å². The quantitative estimate of drug-likeness (QED) is 0.425. The van der Waals surface area contributed by atoms with Gasteiger partial charge in [-0.15, -0.1) is 5.10 Å². The molecule has 0 aliphatic heterocycles. The summed E-state index contributed by atoms with van der Waals surface area (Å²) in [6.07, 6.45) is 4.89. The standard InChI is InChI=1S/C18H19N3O4/c1-24-15-10-12(11-16(25-2)17(15)23)4-3-9-20-21-18(19)13-5-7-14(22)8-6-13/h3-11,22-23H,1-2H3,(H2,19,21)/b4-3+,20-9+. The van der Waals surface area contributed by atoms with E-state index in [-0.39, 0.29) is 17.3 Å². The average molecular weight is 341 g/mol. The van der Waals surface area contributed by atoms with Crippen molar-refractivity contribution in [3.8, 4) is 23.0 Å². The van der Waals surface area contributed by atoms with Crippen LogP contribution < -0.4 is 15.2 Å². The summed E-state index contributed by atoms with van der Waals surface area (Å²) >= 11 is 0. The van der Waals surface area contributed by atoms with Crippen LogP contribution in [0.2, 0.25) is 0 Å². The van der Waals surface area contributed by atoms with Crippen molar-refractivity contribution in [1.29, 1.82) is 0 Å². The zero-order chi connectivity index (χ0) is 18.2. The van der Waals surface area contributed by atoms with Gasteiger partial charge in [0.1, 0.15) is 5.75 Å². The second-order valence-electron chi connectivity index (χ2n) is 4.93. The molecule has 0 amide bonds. The number of ether oxygens (including phenoxy) is 2. The molecule has 0 unspecified atom stereocenters. The van der Waals surface area contributed by atoms with Gasteiger partial charge >= 0.3 is 0 Å². The predicted octanol–water partition coefficient (Wildman–Crippen LogP) is 2.52. The first-order valence-corrected chi connectivity index (χ1v) is 7.32. The summed E-state index contributed by atoms with van der Waals surface area (Å²) in [4.78, 5) is 0. The summed E-state index contributed by atoms with van der Waals surface area (Å²) in [6, 6.07) is 9.66. The monoisotopic (exact) mass is 341 g/mol. The summed E-state index contributed by atoms with van der Waals surface area (Å²) in [7, 11) is 2.93. The Morgan fingerprint density at radius 3 is 2.20 bits per heavy atom. The fraction of sp³-hybridized carbons (Fsp3) is 0.111. The van der Waals surface area contributed by atoms with Gasteiger partial charge in [0, 0.05) is 11.8 Å². The number of nitrogens with zero attached hydrogens (tertiary/aromatic N) is 2. The summed E-state index contributed by atoms with van der Waals surface area (Å²) in [5.41, 5.74) is 7.22. The highest BCUT2D eigenvalue weighted by atomic mass is 16.5. The van der Waals surface area contributed by atoms with E-state index in [0.29, 0.717) is 17.1 Å². The van der Waals surface area contributed by atoms with E-state index in [4.69, 9.17) is 15.2 Å². The van der Waals surface area contributed by atoms with Crippen LogP contribution in [0.1, 0.15) is 11.1 Å². The van der Waals surface area contributed by atoms with Gasteiger partial charge in [0.05, 0.1) is 14.2 Å². The fourth-order valence-electron chi connectivity index (χ4n) is 1.99. The zero-order valence-corrected chi connectivity index (χ0v) is 13.9. The van der Waals surface area contributed by atoms with Crippen molar-refractivity contribution in [2.24, 2.45) is 15.9 Å². The third kappa shape index (κ3) is 4.74. The van der Waals surface area contributed by atoms with Gasteiger partial charge in [-0.2, -0.15) is 5.10 Å². The van der Waals surface area contributed by atoms with Gasteiger partial charge < -0.3 is 25.4 Å². The molecular formula is C18H19N3O4. The molecule has 0 fully saturated rings. The van der Waals surface area contributed by atoms with Gasteiger partial charge in [0.2, 0.25) is 5.75 Å². The largest absolute Gasteiger partial charge is 0.508 e. The number of hydrogen-bond acceptors (Lipinski definition) is 6. The van der Waals surface area contributed by atoms with Crippen LogP contribution in [-0.2, 0) is 0 Å². The Balaban J connectivity index is 2.08. The molecule has 25 heavy (non-hydrogen) atoms. The molecule has 0 aromatic heterocycles. The molecule has 0 spiro atoms. The van der Waals surface area contributed by atoms with Crippen molar-refractivity contribution >= 4 is 18.1 Å². The molecule has 7 heteroatoms. The number of amidine groups is 1. The number of phenolic OH excluding ortho intramolecular Hbond substituents is 2. The maximum atomic E-state index is 9.86. The molecule has 0 aliphatic carbocycles. The van der Waals surface area contributed by atoms with E-state index in [0.717, 1.165) is 5.56 Å². The second kappa shape index (κ2) is 8.39. The van der Waals surface area contributed by atoms with Crippen LogP contribution in [0, 0.1) is 0 Å². The van der Waals surface area contributed by atoms with Crippen molar-refractivity contribution in [3.63, 3.8) is 0 Å². The minimum atomic E-state index is -0.0536. The average Bonchev–Trinajstić information content (AvgIpc) is 2.62. The van der Waals surface area contributed by atoms with E-state index in [1.807, 2.05) is 0 Å². The molecule has 4 N–H and O–H groups in total. The molecule has 0 aliphatic rings. The number of nitrogens with two attached hydrogens (primary N) is 1. The number of benzene rings is 2. The van der Waals surface area contributed by atoms with E-state index >= 15 is 0 Å². The van der Waals surface area contributed by atoms with E-state index in [2.05, 4.69) is 10.2 Å². The molecule has 0 saturated heterocycles. The van der Waals surface area contributed by atoms with Gasteiger partial charge in [-0.25, -0.2) is 0 Å². The number of hydrogen-bond donors (Lipinski definition) is 3. The van der Waals surface area contributed by atoms with Crippen LogP contribution in [0.5, 0.6) is 23.0 Å². The summed E-state index contributed by atoms with van der Waals surface area (Å²) in [5.74, 6) is 0.957. The number of aromatic hydroxyl groups is 2. The van der Waals surface area contributed by atoms with Crippen molar-refractivity contribution in [2.45, 2.75) is 0 Å². The normalized spacial score (nSPS) is 12.0. The third-order valence-electron chi connectivity index (χ3n) is 3.27. The first-order valence-electron chi connectivity index (χ1n) is 7.32. The molecule has 130 valence electrons. The zero-order valence-electron chi connectivity index (χ0n) is 13.9. The number of phenols is 2. The Morgan fingerprint density at radius 2 is 1.64 bits per heavy atom. The Labute approximate surface area is 145 Å². The molecule has 0 saturated carbocycles. The van der Waals surface area contributed by atoms with Gasteiger partial charge in [-0.1, -0.05) is 6.08 Å². The van der Waals surface area contributed by atoms with E-state index in [9.17, 15) is 10.2 Å². The van der Waals surface area contributed by atoms with Crippen molar-refractivity contribution in [1.82, 2.24) is 0 Å². The molecular weight excluding hydrogens is 322 g/mol. The maximum absolute atomic E-state index is 9.86. The van der Waals surface area contributed by atoms with Crippen LogP contribution in [0.3, 0.4) is 0 Å². The van der Waals surface area contributed by atoms with E-state index in [1.54, 1.807) is 36.4 Å². The third-order valence-corrected chi connectivity index (χ3v) is 3.27. The Bertz CT molecular complexity index is 787. The lowest BCUT2D eigenvalue weighted by Gasteiger charge is -2.09. The summed E-state index contributed by atoms with van der Waals surface area (Å²) in [5, 5.41) is 26.8. The van der Waals surface area contributed by atoms with Crippen LogP contribution in [0.15, 0.2) is 52.7 Å². The second-order valence-corrected chi connectivity index (χ2v) is 4.93. The Kier molecular flexibility index (Phi) is 6.00. The smallest absolute Gasteiger partial charge is 0.200 e. The molecule has 2 rings (SSSR count). The van der Waals surface area contributed by atoms with Gasteiger partial charge in [-0.05, 0) is 48.0 Å². The van der Waals surface area contributed by atoms with Gasteiger partial charge in [0.15, 0.2) is 17.3 Å². The molecule has 0 atom stereocenters. The predicted molar refractivity (Wildman–Crippen MR) is 97.6 cm³/mol. The van der Waals surface area contributed by atoms with Gasteiger partial charge in [0.25, 0.3) is 0 Å². The fourth-order valence-corrected chi connectivity index (χ4v) is 1.99. The minimum Gasteiger partial charge on any atom is -0.508 e. The SMILES string of the molecule is COc1cc(/C=C/C=N/N=C(/N)c2ccc(O)cc2)cc(OC)c1O. The maximum Gasteiger partial charge on any atom is 0.200 e. The van der Waals surface area contributed by atoms with E-state index < -0.39 is 0 Å². The summed E-state index contributed by atoms with van der Waals surface area (Å²) < 4.78 is 10.2. The number of methoxy groups -OCH3 is 2. The number of rotatable bonds is 6. The van der Waals surface area contributed by atoms with Crippen LogP contribution in [-0.4, -0.2) is 36.5 Å². The molecule has 0 radical (unpaired) electrons. The lowest BCUT2D eigenvalue weighted by Crippen LogP contribution is -2.12. The highest BCUT2D eigenvalue weighted by Gasteiger charge is 2.09. The molecule has 7 nitrogen and oxygen atoms in total. The lowest BCUT2D eigenvalue weighted by atomic mass is 10.1. The van der Waals surface area contributed by atoms with Crippen LogP contribution in [0.4, 0.5) is 0 Å². The topological polar surface area (TPSA) is 110 Å². The first-order chi connectivity index (χ1) is 12.0. The molecule has 0 bridgehead atoms. The highest BCUT2D eigenvalue weighted by Crippen LogP contribution is 2.37. The molecule has 0 heterocycles. The summed E-state index contributed by atoms with van der Waals surface area (Å²) in [6.45, 7) is 0. The lowest BCUT2D eigenvalue weighted by molar-refractivity contribution is 0.340. The molecule has 2 aromatic carbocycles.